The van der Waals surface area contributed by atoms with Crippen molar-refractivity contribution >= 4 is 27.5 Å². The van der Waals surface area contributed by atoms with E-state index in [0.29, 0.717) is 16.7 Å². The monoisotopic (exact) mass is 667 g/mol. The molecular formula is C47H33N5. The van der Waals surface area contributed by atoms with Crippen molar-refractivity contribution in [3.8, 4) is 46.1 Å². The standard InChI is InChI=1S/C47H33N5/c1-31-11-3-4-15-37(31)39-16-5-6-17-42(39)51-45-19-7-8-24-47(45,2)41-26-33(29-49)20-22-38(41)34-12-9-14-36(27-34)52-43-23-21-32(28-48)25-40(43)46-35(30-50)13-10-18-44(46)52/h3-27,45,51H,1-2H3. The second-order valence-corrected chi connectivity index (χ2v) is 13.4. The zero-order valence-corrected chi connectivity index (χ0v) is 28.8. The summed E-state index contributed by atoms with van der Waals surface area (Å²) in [5.74, 6) is 0. The van der Waals surface area contributed by atoms with Crippen LogP contribution in [0.5, 0.6) is 0 Å². The first kappa shape index (κ1) is 32.1. The zero-order chi connectivity index (χ0) is 35.8. The number of nitriles is 3. The smallest absolute Gasteiger partial charge is 0.0998 e. The molecule has 6 aromatic carbocycles. The number of fused-ring (bicyclic) bond motifs is 3. The van der Waals surface area contributed by atoms with Crippen LogP contribution >= 0.6 is 0 Å². The molecule has 0 bridgehead atoms. The molecule has 5 nitrogen and oxygen atoms in total. The van der Waals surface area contributed by atoms with Gasteiger partial charge in [0.15, 0.2) is 0 Å². The summed E-state index contributed by atoms with van der Waals surface area (Å²) < 4.78 is 2.16. The van der Waals surface area contributed by atoms with Gasteiger partial charge >= 0.3 is 0 Å². The van der Waals surface area contributed by atoms with E-state index in [1.54, 1.807) is 0 Å². The van der Waals surface area contributed by atoms with E-state index in [0.717, 1.165) is 55.4 Å². The zero-order valence-electron chi connectivity index (χ0n) is 28.8. The average Bonchev–Trinajstić information content (AvgIpc) is 3.53. The number of hydrogen-bond donors (Lipinski definition) is 1. The van der Waals surface area contributed by atoms with Crippen LogP contribution in [0, 0.1) is 40.9 Å². The number of para-hydroxylation sites is 1. The number of benzene rings is 6. The number of allylic oxidation sites excluding steroid dienone is 2. The van der Waals surface area contributed by atoms with Crippen LogP contribution < -0.4 is 5.32 Å². The highest BCUT2D eigenvalue weighted by Gasteiger charge is 2.36. The van der Waals surface area contributed by atoms with E-state index >= 15 is 0 Å². The van der Waals surface area contributed by atoms with Crippen molar-refractivity contribution in [3.63, 3.8) is 0 Å². The third-order valence-electron chi connectivity index (χ3n) is 10.4. The maximum absolute atomic E-state index is 10.1. The Hall–Kier alpha value is -7.13. The minimum Gasteiger partial charge on any atom is -0.377 e. The topological polar surface area (TPSA) is 88.3 Å². The minimum atomic E-state index is -0.534. The molecule has 0 spiro atoms. The third kappa shape index (κ3) is 5.32. The summed E-state index contributed by atoms with van der Waals surface area (Å²) in [6, 6.07) is 49.5. The summed E-state index contributed by atoms with van der Waals surface area (Å²) in [5.41, 5.74) is 11.5. The molecule has 1 aromatic heterocycles. The van der Waals surface area contributed by atoms with E-state index in [1.165, 1.54) is 11.1 Å². The van der Waals surface area contributed by atoms with Gasteiger partial charge in [-0.2, -0.15) is 15.8 Å². The molecule has 0 radical (unpaired) electrons. The molecule has 52 heavy (non-hydrogen) atoms. The van der Waals surface area contributed by atoms with Gasteiger partial charge < -0.3 is 9.88 Å². The maximum Gasteiger partial charge on any atom is 0.0998 e. The molecule has 1 heterocycles. The first-order valence-corrected chi connectivity index (χ1v) is 17.2. The Morgan fingerprint density at radius 2 is 1.40 bits per heavy atom. The van der Waals surface area contributed by atoms with Crippen molar-refractivity contribution in [1.82, 2.24) is 4.57 Å². The normalized spacial score (nSPS) is 16.3. The van der Waals surface area contributed by atoms with E-state index in [4.69, 9.17) is 0 Å². The molecule has 0 saturated carbocycles. The maximum atomic E-state index is 10.1. The molecule has 1 N–H and O–H groups in total. The van der Waals surface area contributed by atoms with E-state index in [1.807, 2.05) is 48.5 Å². The summed E-state index contributed by atoms with van der Waals surface area (Å²) in [6.07, 6.45) is 8.60. The molecule has 1 aliphatic carbocycles. The second-order valence-electron chi connectivity index (χ2n) is 13.4. The fourth-order valence-electron chi connectivity index (χ4n) is 7.71. The number of nitrogens with one attached hydrogen (secondary N) is 1. The first-order chi connectivity index (χ1) is 25.4. The second kappa shape index (κ2) is 13.0. The molecule has 0 amide bonds. The van der Waals surface area contributed by atoms with Gasteiger partial charge in [0.05, 0.1) is 52.0 Å². The molecule has 0 fully saturated rings. The number of nitrogens with zero attached hydrogens (tertiary/aromatic N) is 4. The number of rotatable bonds is 6. The Bertz CT molecular complexity index is 2740. The summed E-state index contributed by atoms with van der Waals surface area (Å²) in [4.78, 5) is 0. The van der Waals surface area contributed by atoms with Gasteiger partial charge in [-0.1, -0.05) is 91.0 Å². The van der Waals surface area contributed by atoms with Crippen LogP contribution in [0.3, 0.4) is 0 Å². The van der Waals surface area contributed by atoms with Crippen LogP contribution in [0.15, 0.2) is 152 Å². The predicted molar refractivity (Wildman–Crippen MR) is 210 cm³/mol. The highest BCUT2D eigenvalue weighted by molar-refractivity contribution is 6.12. The van der Waals surface area contributed by atoms with Crippen molar-refractivity contribution in [2.24, 2.45) is 0 Å². The van der Waals surface area contributed by atoms with E-state index in [9.17, 15) is 15.8 Å². The lowest BCUT2D eigenvalue weighted by atomic mass is 9.70. The molecule has 2 atom stereocenters. The molecule has 8 rings (SSSR count). The minimum absolute atomic E-state index is 0.130. The summed E-state index contributed by atoms with van der Waals surface area (Å²) in [6.45, 7) is 4.37. The van der Waals surface area contributed by atoms with E-state index in [-0.39, 0.29) is 6.04 Å². The number of aryl methyl sites for hydroxylation is 1. The Labute approximate surface area is 303 Å². The first-order valence-electron chi connectivity index (χ1n) is 17.2. The lowest BCUT2D eigenvalue weighted by molar-refractivity contribution is 0.547. The van der Waals surface area contributed by atoms with Gasteiger partial charge in [0.1, 0.15) is 0 Å². The summed E-state index contributed by atoms with van der Waals surface area (Å²) in [5, 5.41) is 35.4. The molecule has 246 valence electrons. The van der Waals surface area contributed by atoms with Crippen molar-refractivity contribution in [3.05, 3.63) is 180 Å². The van der Waals surface area contributed by atoms with Gasteiger partial charge in [-0.25, -0.2) is 0 Å². The average molecular weight is 668 g/mol. The van der Waals surface area contributed by atoms with Gasteiger partial charge in [-0.15, -0.1) is 0 Å². The Morgan fingerprint density at radius 3 is 2.21 bits per heavy atom. The van der Waals surface area contributed by atoms with Crippen LogP contribution in [0.25, 0.3) is 49.7 Å². The third-order valence-corrected chi connectivity index (χ3v) is 10.4. The Kier molecular flexibility index (Phi) is 8.00. The lowest BCUT2D eigenvalue weighted by Crippen LogP contribution is -2.41. The van der Waals surface area contributed by atoms with Crippen molar-refractivity contribution < 1.29 is 0 Å². The fourth-order valence-corrected chi connectivity index (χ4v) is 7.71. The van der Waals surface area contributed by atoms with Crippen LogP contribution in [0.2, 0.25) is 0 Å². The summed E-state index contributed by atoms with van der Waals surface area (Å²) in [7, 11) is 0. The van der Waals surface area contributed by atoms with Crippen LogP contribution in [0.4, 0.5) is 5.69 Å². The molecule has 0 saturated heterocycles. The quantitative estimate of drug-likeness (QED) is 0.191. The Balaban J connectivity index is 1.28. The van der Waals surface area contributed by atoms with Gasteiger partial charge in [-0.05, 0) is 102 Å². The summed E-state index contributed by atoms with van der Waals surface area (Å²) >= 11 is 0. The molecule has 2 unspecified atom stereocenters. The van der Waals surface area contributed by atoms with Crippen LogP contribution in [-0.4, -0.2) is 10.6 Å². The fraction of sp³-hybridized carbons (Fsp3) is 0.0851. The van der Waals surface area contributed by atoms with Gasteiger partial charge in [-0.3, -0.25) is 0 Å². The molecule has 0 aliphatic heterocycles. The number of aromatic nitrogens is 1. The van der Waals surface area contributed by atoms with Crippen molar-refractivity contribution in [2.45, 2.75) is 25.3 Å². The highest BCUT2D eigenvalue weighted by atomic mass is 15.0. The highest BCUT2D eigenvalue weighted by Crippen LogP contribution is 2.43. The molecule has 1 aliphatic rings. The SMILES string of the molecule is Cc1ccccc1-c1ccccc1NC1C=CC=CC1(C)c1cc(C#N)ccc1-c1cccc(-n2c3ccc(C#N)cc3c3c(C#N)cccc32)c1. The van der Waals surface area contributed by atoms with Gasteiger partial charge in [0, 0.05) is 33.1 Å². The molecular weight excluding hydrogens is 635 g/mol. The van der Waals surface area contributed by atoms with Crippen molar-refractivity contribution in [1.29, 1.82) is 15.8 Å². The number of anilines is 1. The molecule has 7 aromatic rings. The Morgan fingerprint density at radius 1 is 0.654 bits per heavy atom. The van der Waals surface area contributed by atoms with Crippen molar-refractivity contribution in [2.75, 3.05) is 5.32 Å². The van der Waals surface area contributed by atoms with Gasteiger partial charge in [0.25, 0.3) is 0 Å². The molecule has 5 heteroatoms. The van der Waals surface area contributed by atoms with Gasteiger partial charge in [0.2, 0.25) is 0 Å². The van der Waals surface area contributed by atoms with Crippen LogP contribution in [-0.2, 0) is 5.41 Å². The predicted octanol–water partition coefficient (Wildman–Crippen LogP) is 10.9. The van der Waals surface area contributed by atoms with Crippen LogP contribution in [0.1, 0.15) is 34.7 Å². The van der Waals surface area contributed by atoms with E-state index in [2.05, 4.69) is 145 Å². The lowest BCUT2D eigenvalue weighted by Gasteiger charge is -2.39. The largest absolute Gasteiger partial charge is 0.377 e. The number of hydrogen-bond acceptors (Lipinski definition) is 4. The van der Waals surface area contributed by atoms with E-state index < -0.39 is 5.41 Å².